The van der Waals surface area contributed by atoms with Gasteiger partial charge in [-0.05, 0) is 5.92 Å². The van der Waals surface area contributed by atoms with Crippen molar-refractivity contribution >= 4 is 29.3 Å². The highest BCUT2D eigenvalue weighted by Gasteiger charge is 2.13. The molecule has 15 heavy (non-hydrogen) atoms. The molecular weight excluding hydrogens is 232 g/mol. The highest BCUT2D eigenvalue weighted by atomic mass is 35.5. The van der Waals surface area contributed by atoms with Crippen molar-refractivity contribution in [1.82, 2.24) is 9.97 Å². The molecule has 1 aromatic heterocycles. The van der Waals surface area contributed by atoms with Gasteiger partial charge in [-0.1, -0.05) is 32.4 Å². The fourth-order valence-electron chi connectivity index (χ4n) is 0.816. The van der Waals surface area contributed by atoms with Crippen LogP contribution in [0.15, 0.2) is 11.2 Å². The van der Waals surface area contributed by atoms with Crippen molar-refractivity contribution in [2.75, 3.05) is 5.43 Å². The third kappa shape index (κ3) is 3.52. The van der Waals surface area contributed by atoms with Crippen LogP contribution in [0.2, 0.25) is 5.02 Å². The number of aromatic nitrogens is 2. The van der Waals surface area contributed by atoms with Crippen molar-refractivity contribution in [1.29, 1.82) is 0 Å². The van der Waals surface area contributed by atoms with Gasteiger partial charge >= 0.3 is 0 Å². The summed E-state index contributed by atoms with van der Waals surface area (Å²) in [6.07, 6.45) is 1.55. The lowest BCUT2D eigenvalue weighted by molar-refractivity contribution is 0.641. The minimum atomic E-state index is 0.387. The predicted octanol–water partition coefficient (Wildman–Crippen LogP) is 2.55. The number of nitrogens with two attached hydrogens (primary N) is 1. The molecule has 0 spiro atoms. The SMILES string of the molecule is CC(C)C(C)Sc1nc(NN)ncc1Cl. The lowest BCUT2D eigenvalue weighted by atomic mass is 10.2. The van der Waals surface area contributed by atoms with Gasteiger partial charge in [-0.25, -0.2) is 15.8 Å². The summed E-state index contributed by atoms with van der Waals surface area (Å²) < 4.78 is 0. The maximum absolute atomic E-state index is 5.99. The quantitative estimate of drug-likeness (QED) is 0.370. The lowest BCUT2D eigenvalue weighted by Crippen LogP contribution is -2.11. The van der Waals surface area contributed by atoms with E-state index in [0.29, 0.717) is 22.1 Å². The Morgan fingerprint density at radius 1 is 1.47 bits per heavy atom. The Hall–Kier alpha value is -0.520. The minimum Gasteiger partial charge on any atom is -0.292 e. The van der Waals surface area contributed by atoms with E-state index in [2.05, 4.69) is 36.2 Å². The second kappa shape index (κ2) is 5.53. The van der Waals surface area contributed by atoms with Crippen molar-refractivity contribution < 1.29 is 0 Å². The molecule has 0 bridgehead atoms. The van der Waals surface area contributed by atoms with Crippen LogP contribution in [-0.4, -0.2) is 15.2 Å². The smallest absolute Gasteiger partial charge is 0.238 e. The van der Waals surface area contributed by atoms with Crippen LogP contribution in [0.1, 0.15) is 20.8 Å². The Bertz CT molecular complexity index is 332. The van der Waals surface area contributed by atoms with Gasteiger partial charge in [-0.2, -0.15) is 0 Å². The summed E-state index contributed by atoms with van der Waals surface area (Å²) in [6.45, 7) is 6.47. The number of halogens is 1. The molecule has 1 atom stereocenters. The molecule has 0 saturated heterocycles. The number of hydrogen-bond acceptors (Lipinski definition) is 5. The number of rotatable bonds is 4. The van der Waals surface area contributed by atoms with Crippen LogP contribution in [0.4, 0.5) is 5.95 Å². The third-order valence-corrected chi connectivity index (χ3v) is 3.92. The lowest BCUT2D eigenvalue weighted by Gasteiger charge is -2.15. The van der Waals surface area contributed by atoms with Gasteiger partial charge in [0.1, 0.15) is 5.03 Å². The van der Waals surface area contributed by atoms with Gasteiger partial charge < -0.3 is 0 Å². The number of anilines is 1. The van der Waals surface area contributed by atoms with E-state index in [9.17, 15) is 0 Å². The maximum atomic E-state index is 5.99. The van der Waals surface area contributed by atoms with Crippen LogP contribution in [-0.2, 0) is 0 Å². The van der Waals surface area contributed by atoms with Gasteiger partial charge in [0.05, 0.1) is 11.2 Å². The number of thioether (sulfide) groups is 1. The molecule has 0 aliphatic carbocycles. The van der Waals surface area contributed by atoms with Crippen molar-refractivity contribution in [3.8, 4) is 0 Å². The maximum Gasteiger partial charge on any atom is 0.238 e. The molecule has 1 rings (SSSR count). The van der Waals surface area contributed by atoms with Gasteiger partial charge in [0.15, 0.2) is 0 Å². The second-order valence-electron chi connectivity index (χ2n) is 3.56. The minimum absolute atomic E-state index is 0.387. The molecule has 3 N–H and O–H groups in total. The molecule has 1 heterocycles. The number of nitrogens with zero attached hydrogens (tertiary/aromatic N) is 2. The van der Waals surface area contributed by atoms with Crippen LogP contribution in [0.3, 0.4) is 0 Å². The first-order valence-corrected chi connectivity index (χ1v) is 5.96. The van der Waals surface area contributed by atoms with E-state index in [-0.39, 0.29) is 0 Å². The van der Waals surface area contributed by atoms with E-state index in [1.54, 1.807) is 18.0 Å². The molecular formula is C9H15ClN4S. The van der Waals surface area contributed by atoms with E-state index in [4.69, 9.17) is 17.4 Å². The van der Waals surface area contributed by atoms with Gasteiger partial charge in [0.25, 0.3) is 0 Å². The molecule has 0 aliphatic heterocycles. The Balaban J connectivity index is 2.83. The monoisotopic (exact) mass is 246 g/mol. The Morgan fingerprint density at radius 3 is 2.67 bits per heavy atom. The number of hydrazine groups is 1. The topological polar surface area (TPSA) is 63.8 Å². The molecule has 6 heteroatoms. The van der Waals surface area contributed by atoms with E-state index in [1.165, 1.54) is 0 Å². The first-order valence-electron chi connectivity index (χ1n) is 4.70. The van der Waals surface area contributed by atoms with Crippen molar-refractivity contribution in [2.45, 2.75) is 31.0 Å². The summed E-state index contributed by atoms with van der Waals surface area (Å²) in [7, 11) is 0. The zero-order chi connectivity index (χ0) is 11.4. The van der Waals surface area contributed by atoms with Crippen LogP contribution >= 0.6 is 23.4 Å². The molecule has 1 unspecified atom stereocenters. The fraction of sp³-hybridized carbons (Fsp3) is 0.556. The van der Waals surface area contributed by atoms with E-state index in [1.807, 2.05) is 0 Å². The molecule has 0 aliphatic rings. The average molecular weight is 247 g/mol. The van der Waals surface area contributed by atoms with Crippen molar-refractivity contribution in [3.63, 3.8) is 0 Å². The number of hydrogen-bond donors (Lipinski definition) is 2. The van der Waals surface area contributed by atoms with Crippen LogP contribution in [0.25, 0.3) is 0 Å². The van der Waals surface area contributed by atoms with Crippen LogP contribution in [0.5, 0.6) is 0 Å². The standard InChI is InChI=1S/C9H15ClN4S/c1-5(2)6(3)15-8-7(10)4-12-9(13-8)14-11/h4-6H,11H2,1-3H3,(H,12,13,14). The molecule has 84 valence electrons. The molecule has 0 aromatic carbocycles. The third-order valence-electron chi connectivity index (χ3n) is 2.08. The Kier molecular flexibility index (Phi) is 4.63. The van der Waals surface area contributed by atoms with E-state index >= 15 is 0 Å². The van der Waals surface area contributed by atoms with Gasteiger partial charge in [0, 0.05) is 5.25 Å². The molecule has 0 saturated carbocycles. The summed E-state index contributed by atoms with van der Waals surface area (Å²) in [5.74, 6) is 6.18. The molecule has 0 fully saturated rings. The van der Waals surface area contributed by atoms with Gasteiger partial charge in [-0.3, -0.25) is 5.43 Å². The highest BCUT2D eigenvalue weighted by molar-refractivity contribution is 8.00. The number of nitrogen functional groups attached to an aromatic ring is 1. The first kappa shape index (κ1) is 12.5. The molecule has 0 amide bonds. The predicted molar refractivity (Wildman–Crippen MR) is 65.0 cm³/mol. The summed E-state index contributed by atoms with van der Waals surface area (Å²) in [6, 6.07) is 0. The van der Waals surface area contributed by atoms with Crippen molar-refractivity contribution in [3.05, 3.63) is 11.2 Å². The highest BCUT2D eigenvalue weighted by Crippen LogP contribution is 2.31. The summed E-state index contributed by atoms with van der Waals surface area (Å²) in [4.78, 5) is 8.11. The Labute approximate surface area is 99.0 Å². The fourth-order valence-corrected chi connectivity index (χ4v) is 1.97. The first-order chi connectivity index (χ1) is 7.04. The Morgan fingerprint density at radius 2 is 2.13 bits per heavy atom. The molecule has 0 radical (unpaired) electrons. The number of nitrogens with one attached hydrogen (secondary N) is 1. The summed E-state index contributed by atoms with van der Waals surface area (Å²) in [5.41, 5.74) is 2.40. The van der Waals surface area contributed by atoms with Gasteiger partial charge in [0.2, 0.25) is 5.95 Å². The van der Waals surface area contributed by atoms with Gasteiger partial charge in [-0.15, -0.1) is 11.8 Å². The second-order valence-corrected chi connectivity index (χ2v) is 5.33. The molecule has 1 aromatic rings. The van der Waals surface area contributed by atoms with Crippen LogP contribution < -0.4 is 11.3 Å². The average Bonchev–Trinajstić information content (AvgIpc) is 2.21. The normalized spacial score (nSPS) is 12.9. The van der Waals surface area contributed by atoms with E-state index < -0.39 is 0 Å². The van der Waals surface area contributed by atoms with Crippen molar-refractivity contribution in [2.24, 2.45) is 11.8 Å². The summed E-state index contributed by atoms with van der Waals surface area (Å²) in [5, 5.41) is 1.77. The van der Waals surface area contributed by atoms with Crippen LogP contribution in [0, 0.1) is 5.92 Å². The summed E-state index contributed by atoms with van der Waals surface area (Å²) >= 11 is 7.62. The zero-order valence-electron chi connectivity index (χ0n) is 8.99. The van der Waals surface area contributed by atoms with E-state index in [0.717, 1.165) is 5.03 Å². The zero-order valence-corrected chi connectivity index (χ0v) is 10.6. The molecule has 4 nitrogen and oxygen atoms in total. The largest absolute Gasteiger partial charge is 0.292 e.